The molecule has 2 rings (SSSR count). The number of benzene rings is 1. The van der Waals surface area contributed by atoms with Gasteiger partial charge in [-0.3, -0.25) is 0 Å². The molecule has 1 heterocycles. The minimum Gasteiger partial charge on any atom is -0.497 e. The van der Waals surface area contributed by atoms with E-state index in [1.807, 2.05) is 6.07 Å². The van der Waals surface area contributed by atoms with Gasteiger partial charge in [-0.15, -0.1) is 0 Å². The van der Waals surface area contributed by atoms with Crippen molar-refractivity contribution in [2.45, 2.75) is 13.8 Å². The van der Waals surface area contributed by atoms with Crippen LogP contribution in [0.25, 0.3) is 5.57 Å². The zero-order chi connectivity index (χ0) is 10.8. The highest BCUT2D eigenvalue weighted by atomic mass is 16.5. The molecular formula is C13H17NO. The van der Waals surface area contributed by atoms with Gasteiger partial charge in [0.05, 0.1) is 7.11 Å². The molecule has 2 nitrogen and oxygen atoms in total. The first kappa shape index (κ1) is 10.1. The third-order valence-electron chi connectivity index (χ3n) is 2.97. The number of rotatable bonds is 2. The number of ether oxygens (including phenoxy) is 1. The van der Waals surface area contributed by atoms with Gasteiger partial charge >= 0.3 is 0 Å². The number of nitrogens with zero attached hydrogens (tertiary/aromatic N) is 1. The van der Waals surface area contributed by atoms with Crippen LogP contribution in [0.2, 0.25) is 0 Å². The molecule has 1 aliphatic heterocycles. The van der Waals surface area contributed by atoms with Crippen molar-refractivity contribution in [2.75, 3.05) is 25.1 Å². The second-order valence-electron chi connectivity index (χ2n) is 3.81. The molecule has 0 saturated carbocycles. The third kappa shape index (κ3) is 1.72. The fourth-order valence-electron chi connectivity index (χ4n) is 1.99. The smallest absolute Gasteiger partial charge is 0.120 e. The van der Waals surface area contributed by atoms with E-state index in [1.165, 1.54) is 16.8 Å². The molecule has 0 aromatic heterocycles. The Balaban J connectivity index is 2.50. The van der Waals surface area contributed by atoms with E-state index in [0.717, 1.165) is 18.8 Å². The molecule has 0 amide bonds. The predicted molar refractivity (Wildman–Crippen MR) is 64.5 cm³/mol. The first-order valence-corrected chi connectivity index (χ1v) is 5.36. The van der Waals surface area contributed by atoms with Crippen molar-refractivity contribution >= 4 is 11.3 Å². The quantitative estimate of drug-likeness (QED) is 0.732. The summed E-state index contributed by atoms with van der Waals surface area (Å²) in [4.78, 5) is 2.35. The van der Waals surface area contributed by atoms with Crippen LogP contribution in [0, 0.1) is 0 Å². The largest absolute Gasteiger partial charge is 0.497 e. The number of allylic oxidation sites excluding steroid dienone is 1. The Morgan fingerprint density at radius 2 is 2.20 bits per heavy atom. The monoisotopic (exact) mass is 203 g/mol. The Kier molecular flexibility index (Phi) is 2.67. The Morgan fingerprint density at radius 1 is 1.40 bits per heavy atom. The molecule has 1 aromatic rings. The summed E-state index contributed by atoms with van der Waals surface area (Å²) in [6.07, 6.45) is 2.28. The van der Waals surface area contributed by atoms with Crippen LogP contribution < -0.4 is 9.64 Å². The van der Waals surface area contributed by atoms with Gasteiger partial charge in [0.25, 0.3) is 0 Å². The van der Waals surface area contributed by atoms with E-state index >= 15 is 0 Å². The van der Waals surface area contributed by atoms with Gasteiger partial charge < -0.3 is 9.64 Å². The average molecular weight is 203 g/mol. The lowest BCUT2D eigenvalue weighted by Gasteiger charge is -2.29. The van der Waals surface area contributed by atoms with E-state index in [1.54, 1.807) is 7.11 Å². The minimum absolute atomic E-state index is 0.932. The first-order valence-electron chi connectivity index (χ1n) is 5.36. The summed E-state index contributed by atoms with van der Waals surface area (Å²) in [6, 6.07) is 6.28. The van der Waals surface area contributed by atoms with Gasteiger partial charge in [-0.2, -0.15) is 0 Å². The molecule has 0 atom stereocenters. The molecule has 1 aliphatic rings. The van der Waals surface area contributed by atoms with Gasteiger partial charge in [0.2, 0.25) is 0 Å². The molecule has 0 saturated heterocycles. The van der Waals surface area contributed by atoms with Gasteiger partial charge in [0, 0.05) is 30.4 Å². The van der Waals surface area contributed by atoms with Crippen molar-refractivity contribution < 1.29 is 4.74 Å². The second-order valence-corrected chi connectivity index (χ2v) is 3.81. The third-order valence-corrected chi connectivity index (χ3v) is 2.97. The number of likely N-dealkylation sites (N-methyl/N-ethyl adjacent to an activating group) is 1. The fraction of sp³-hybridized carbons (Fsp3) is 0.385. The molecule has 0 spiro atoms. The van der Waals surface area contributed by atoms with Crippen molar-refractivity contribution in [3.63, 3.8) is 0 Å². The highest BCUT2D eigenvalue weighted by Crippen LogP contribution is 2.33. The predicted octanol–water partition coefficient (Wildman–Crippen LogP) is 2.94. The molecule has 2 heteroatoms. The van der Waals surface area contributed by atoms with Crippen molar-refractivity contribution in [3.05, 3.63) is 29.8 Å². The Bertz CT molecular complexity index is 396. The molecular weight excluding hydrogens is 186 g/mol. The Hall–Kier alpha value is -1.44. The summed E-state index contributed by atoms with van der Waals surface area (Å²) in [5, 5.41) is 0. The van der Waals surface area contributed by atoms with Crippen LogP contribution in [0.5, 0.6) is 5.75 Å². The van der Waals surface area contributed by atoms with Crippen LogP contribution in [-0.4, -0.2) is 20.2 Å². The SMILES string of the molecule is CCN1CC=C(C)c2ccc(OC)cc21. The molecule has 0 aliphatic carbocycles. The molecule has 1 aromatic carbocycles. The number of anilines is 1. The van der Waals surface area contributed by atoms with Crippen LogP contribution in [-0.2, 0) is 0 Å². The lowest BCUT2D eigenvalue weighted by atomic mass is 10.0. The molecule has 15 heavy (non-hydrogen) atoms. The van der Waals surface area contributed by atoms with Crippen LogP contribution in [0.3, 0.4) is 0 Å². The van der Waals surface area contributed by atoms with E-state index < -0.39 is 0 Å². The van der Waals surface area contributed by atoms with Crippen LogP contribution >= 0.6 is 0 Å². The maximum Gasteiger partial charge on any atom is 0.120 e. The fourth-order valence-corrected chi connectivity index (χ4v) is 1.99. The maximum atomic E-state index is 5.26. The highest BCUT2D eigenvalue weighted by molar-refractivity contribution is 5.80. The second kappa shape index (κ2) is 3.97. The van der Waals surface area contributed by atoms with Gasteiger partial charge in [-0.05, 0) is 31.6 Å². The van der Waals surface area contributed by atoms with E-state index in [4.69, 9.17) is 4.74 Å². The van der Waals surface area contributed by atoms with Gasteiger partial charge in [-0.25, -0.2) is 0 Å². The van der Waals surface area contributed by atoms with Crippen LogP contribution in [0.15, 0.2) is 24.3 Å². The highest BCUT2D eigenvalue weighted by Gasteiger charge is 2.15. The number of methoxy groups -OCH3 is 1. The summed E-state index contributed by atoms with van der Waals surface area (Å²) in [5.74, 6) is 0.932. The molecule has 0 unspecified atom stereocenters. The number of hydrogen-bond donors (Lipinski definition) is 0. The summed E-state index contributed by atoms with van der Waals surface area (Å²) < 4.78 is 5.26. The number of fused-ring (bicyclic) bond motifs is 1. The van der Waals surface area contributed by atoms with E-state index in [2.05, 4.69) is 37.0 Å². The van der Waals surface area contributed by atoms with Gasteiger partial charge in [-0.1, -0.05) is 6.08 Å². The lowest BCUT2D eigenvalue weighted by molar-refractivity contribution is 0.414. The van der Waals surface area contributed by atoms with Crippen LogP contribution in [0.4, 0.5) is 5.69 Å². The van der Waals surface area contributed by atoms with Crippen molar-refractivity contribution in [1.82, 2.24) is 0 Å². The first-order chi connectivity index (χ1) is 7.26. The Morgan fingerprint density at radius 3 is 2.87 bits per heavy atom. The van der Waals surface area contributed by atoms with Crippen LogP contribution in [0.1, 0.15) is 19.4 Å². The molecule has 0 N–H and O–H groups in total. The molecule has 0 radical (unpaired) electrons. The molecule has 0 fully saturated rings. The molecule has 80 valence electrons. The van der Waals surface area contributed by atoms with Crippen molar-refractivity contribution in [1.29, 1.82) is 0 Å². The minimum atomic E-state index is 0.932. The van der Waals surface area contributed by atoms with Gasteiger partial charge in [0.15, 0.2) is 0 Å². The maximum absolute atomic E-state index is 5.26. The van der Waals surface area contributed by atoms with E-state index in [0.29, 0.717) is 0 Å². The molecule has 0 bridgehead atoms. The van der Waals surface area contributed by atoms with Crippen molar-refractivity contribution in [3.8, 4) is 5.75 Å². The lowest BCUT2D eigenvalue weighted by Crippen LogP contribution is -2.26. The normalized spacial score (nSPS) is 14.6. The number of hydrogen-bond acceptors (Lipinski definition) is 2. The summed E-state index contributed by atoms with van der Waals surface area (Å²) in [7, 11) is 1.71. The van der Waals surface area contributed by atoms with Gasteiger partial charge in [0.1, 0.15) is 5.75 Å². The zero-order valence-corrected chi connectivity index (χ0v) is 9.58. The zero-order valence-electron chi connectivity index (χ0n) is 9.58. The summed E-state index contributed by atoms with van der Waals surface area (Å²) in [5.41, 5.74) is 3.97. The Labute approximate surface area is 91.2 Å². The van der Waals surface area contributed by atoms with Crippen molar-refractivity contribution in [2.24, 2.45) is 0 Å². The standard InChI is InChI=1S/C13H17NO/c1-4-14-8-7-10(2)12-6-5-11(15-3)9-13(12)14/h5-7,9H,4,8H2,1-3H3. The topological polar surface area (TPSA) is 12.5 Å². The average Bonchev–Trinajstić information content (AvgIpc) is 2.29. The van der Waals surface area contributed by atoms with E-state index in [-0.39, 0.29) is 0 Å². The summed E-state index contributed by atoms with van der Waals surface area (Å²) in [6.45, 7) is 6.38. The van der Waals surface area contributed by atoms with E-state index in [9.17, 15) is 0 Å². The summed E-state index contributed by atoms with van der Waals surface area (Å²) >= 11 is 0.